The average molecular weight is 458 g/mol. The minimum Gasteiger partial charge on any atom is -0.494 e. The molecule has 0 unspecified atom stereocenters. The number of methoxy groups -OCH3 is 1. The Morgan fingerprint density at radius 2 is 1.84 bits per heavy atom. The lowest BCUT2D eigenvalue weighted by Gasteiger charge is -2.24. The molecule has 2 aromatic carbocycles. The molecule has 166 valence electrons. The van der Waals surface area contributed by atoms with Crippen LogP contribution in [0.2, 0.25) is 0 Å². The van der Waals surface area contributed by atoms with Crippen molar-refractivity contribution >= 4 is 44.4 Å². The van der Waals surface area contributed by atoms with E-state index in [1.165, 1.54) is 4.90 Å². The molecule has 7 heteroatoms. The summed E-state index contributed by atoms with van der Waals surface area (Å²) in [6.45, 7) is 9.77. The minimum absolute atomic E-state index is 0.117. The van der Waals surface area contributed by atoms with Crippen molar-refractivity contribution in [3.8, 4) is 5.75 Å². The van der Waals surface area contributed by atoms with Crippen LogP contribution in [-0.2, 0) is 4.79 Å². The molecular formula is C24H31N3O2S2. The molecule has 0 aliphatic carbocycles. The topological polar surface area (TPSA) is 45.7 Å². The van der Waals surface area contributed by atoms with Crippen LogP contribution >= 0.6 is 23.1 Å². The van der Waals surface area contributed by atoms with Gasteiger partial charge in [0, 0.05) is 30.2 Å². The predicted octanol–water partition coefficient (Wildman–Crippen LogP) is 5.47. The van der Waals surface area contributed by atoms with E-state index in [9.17, 15) is 4.79 Å². The van der Waals surface area contributed by atoms with Crippen LogP contribution in [0, 0.1) is 6.92 Å². The number of aryl methyl sites for hydroxylation is 1. The van der Waals surface area contributed by atoms with Gasteiger partial charge in [-0.1, -0.05) is 49.4 Å². The number of aromatic nitrogens is 1. The second kappa shape index (κ2) is 11.5. The van der Waals surface area contributed by atoms with Gasteiger partial charge in [0.2, 0.25) is 5.91 Å². The number of carbonyl (C=O) groups is 1. The first-order valence-electron chi connectivity index (χ1n) is 10.7. The summed E-state index contributed by atoms with van der Waals surface area (Å²) in [5.41, 5.74) is 1.98. The quantitative estimate of drug-likeness (QED) is 0.357. The third-order valence-corrected chi connectivity index (χ3v) is 7.53. The molecule has 0 atom stereocenters. The number of fused-ring (bicyclic) bond motifs is 1. The smallest absolute Gasteiger partial charge is 0.229 e. The van der Waals surface area contributed by atoms with Crippen molar-refractivity contribution in [2.45, 2.75) is 32.1 Å². The molecule has 1 aromatic heterocycles. The van der Waals surface area contributed by atoms with Crippen LogP contribution in [0.4, 0.5) is 5.13 Å². The molecular weight excluding hydrogens is 426 g/mol. The molecule has 0 radical (unpaired) electrons. The van der Waals surface area contributed by atoms with E-state index in [1.807, 2.05) is 35.2 Å². The van der Waals surface area contributed by atoms with E-state index in [1.54, 1.807) is 30.2 Å². The Labute approximate surface area is 193 Å². The second-order valence-corrected chi connectivity index (χ2v) is 9.39. The summed E-state index contributed by atoms with van der Waals surface area (Å²) >= 11 is 3.29. The Kier molecular flexibility index (Phi) is 8.75. The zero-order valence-corrected chi connectivity index (χ0v) is 20.4. The van der Waals surface area contributed by atoms with E-state index in [-0.39, 0.29) is 5.91 Å². The van der Waals surface area contributed by atoms with E-state index in [0.29, 0.717) is 13.0 Å². The third kappa shape index (κ3) is 5.99. The summed E-state index contributed by atoms with van der Waals surface area (Å²) in [4.78, 5) is 23.5. The monoisotopic (exact) mass is 457 g/mol. The number of hydrogen-bond acceptors (Lipinski definition) is 6. The lowest BCUT2D eigenvalue weighted by molar-refractivity contribution is -0.118. The van der Waals surface area contributed by atoms with Crippen molar-refractivity contribution in [2.75, 3.05) is 43.9 Å². The summed E-state index contributed by atoms with van der Waals surface area (Å²) in [6, 6.07) is 14.2. The Bertz CT molecular complexity index is 987. The maximum atomic E-state index is 13.3. The van der Waals surface area contributed by atoms with Crippen molar-refractivity contribution in [2.24, 2.45) is 0 Å². The zero-order valence-electron chi connectivity index (χ0n) is 18.8. The number of hydrogen-bond donors (Lipinski definition) is 0. The van der Waals surface area contributed by atoms with Gasteiger partial charge in [-0.25, -0.2) is 4.98 Å². The van der Waals surface area contributed by atoms with Crippen LogP contribution in [0.3, 0.4) is 0 Å². The largest absolute Gasteiger partial charge is 0.494 e. The molecule has 0 spiro atoms. The molecule has 0 aliphatic rings. The van der Waals surface area contributed by atoms with Crippen LogP contribution in [0.1, 0.15) is 25.8 Å². The molecule has 0 saturated heterocycles. The Morgan fingerprint density at radius 1 is 1.10 bits per heavy atom. The summed E-state index contributed by atoms with van der Waals surface area (Å²) in [5, 5.41) is 0.754. The third-order valence-electron chi connectivity index (χ3n) is 5.31. The molecule has 1 amide bonds. The Balaban J connectivity index is 1.81. The SMILES string of the molecule is CCN(CC)CCN(C(=O)CCSc1ccccc1)c1nc2c(OC)ccc(C)c2s1. The summed E-state index contributed by atoms with van der Waals surface area (Å²) in [7, 11) is 1.66. The Hall–Kier alpha value is -2.09. The number of benzene rings is 2. The molecule has 0 bridgehead atoms. The van der Waals surface area contributed by atoms with Crippen molar-refractivity contribution in [1.29, 1.82) is 0 Å². The fraction of sp³-hybridized carbons (Fsp3) is 0.417. The lowest BCUT2D eigenvalue weighted by atomic mass is 10.2. The number of thioether (sulfide) groups is 1. The van der Waals surface area contributed by atoms with Crippen molar-refractivity contribution < 1.29 is 9.53 Å². The highest BCUT2D eigenvalue weighted by atomic mass is 32.2. The number of ether oxygens (including phenoxy) is 1. The van der Waals surface area contributed by atoms with Crippen molar-refractivity contribution in [1.82, 2.24) is 9.88 Å². The highest BCUT2D eigenvalue weighted by Gasteiger charge is 2.22. The number of amides is 1. The second-order valence-electron chi connectivity index (χ2n) is 7.24. The first-order valence-corrected chi connectivity index (χ1v) is 12.5. The van der Waals surface area contributed by atoms with Crippen LogP contribution < -0.4 is 9.64 Å². The van der Waals surface area contributed by atoms with Gasteiger partial charge in [0.15, 0.2) is 5.13 Å². The van der Waals surface area contributed by atoms with Crippen molar-refractivity contribution in [3.63, 3.8) is 0 Å². The number of likely N-dealkylation sites (N-methyl/N-ethyl adjacent to an activating group) is 1. The van der Waals surface area contributed by atoms with E-state index < -0.39 is 0 Å². The fourth-order valence-corrected chi connectivity index (χ4v) is 5.35. The van der Waals surface area contributed by atoms with Gasteiger partial charge in [-0.2, -0.15) is 0 Å². The highest BCUT2D eigenvalue weighted by molar-refractivity contribution is 7.99. The molecule has 5 nitrogen and oxygen atoms in total. The van der Waals surface area contributed by atoms with E-state index >= 15 is 0 Å². The number of anilines is 1. The first-order chi connectivity index (χ1) is 15.1. The summed E-state index contributed by atoms with van der Waals surface area (Å²) < 4.78 is 6.59. The lowest BCUT2D eigenvalue weighted by Crippen LogP contribution is -2.39. The molecule has 0 aliphatic heterocycles. The zero-order chi connectivity index (χ0) is 22.2. The van der Waals surface area contributed by atoms with Gasteiger partial charge in [-0.3, -0.25) is 9.69 Å². The van der Waals surface area contributed by atoms with E-state index in [0.717, 1.165) is 52.0 Å². The number of nitrogens with zero attached hydrogens (tertiary/aromatic N) is 3. The van der Waals surface area contributed by atoms with E-state index in [2.05, 4.69) is 37.8 Å². The van der Waals surface area contributed by atoms with Gasteiger partial charge in [0.1, 0.15) is 11.3 Å². The van der Waals surface area contributed by atoms with Crippen LogP contribution in [0.15, 0.2) is 47.4 Å². The first kappa shape index (κ1) is 23.6. The number of carbonyl (C=O) groups excluding carboxylic acids is 1. The number of rotatable bonds is 11. The maximum Gasteiger partial charge on any atom is 0.229 e. The van der Waals surface area contributed by atoms with E-state index in [4.69, 9.17) is 9.72 Å². The standard InChI is InChI=1S/C24H31N3O2S2/c1-5-26(6-2)15-16-27(21(28)14-17-30-19-10-8-7-9-11-19)24-25-22-20(29-4)13-12-18(3)23(22)31-24/h7-13H,5-6,14-17H2,1-4H3. The molecule has 3 aromatic rings. The normalized spacial score (nSPS) is 11.3. The van der Waals surface area contributed by atoms with Gasteiger partial charge < -0.3 is 9.64 Å². The molecule has 3 rings (SSSR count). The average Bonchev–Trinajstić information content (AvgIpc) is 3.24. The van der Waals surface area contributed by atoms with Crippen LogP contribution in [0.5, 0.6) is 5.75 Å². The van der Waals surface area contributed by atoms with Crippen LogP contribution in [0.25, 0.3) is 10.2 Å². The molecule has 1 heterocycles. The fourth-order valence-electron chi connectivity index (χ4n) is 3.39. The minimum atomic E-state index is 0.117. The van der Waals surface area contributed by atoms with Crippen LogP contribution in [-0.4, -0.2) is 54.8 Å². The molecule has 31 heavy (non-hydrogen) atoms. The van der Waals surface area contributed by atoms with Crippen molar-refractivity contribution in [3.05, 3.63) is 48.0 Å². The predicted molar refractivity (Wildman–Crippen MR) is 133 cm³/mol. The van der Waals surface area contributed by atoms with Gasteiger partial charge in [0.25, 0.3) is 0 Å². The summed E-state index contributed by atoms with van der Waals surface area (Å²) in [6.07, 6.45) is 0.476. The molecule has 0 N–H and O–H groups in total. The molecule has 0 saturated carbocycles. The highest BCUT2D eigenvalue weighted by Crippen LogP contribution is 2.36. The van der Waals surface area contributed by atoms with Gasteiger partial charge >= 0.3 is 0 Å². The molecule has 0 fully saturated rings. The Morgan fingerprint density at radius 3 is 2.52 bits per heavy atom. The summed E-state index contributed by atoms with van der Waals surface area (Å²) in [5.74, 6) is 1.61. The maximum absolute atomic E-state index is 13.3. The van der Waals surface area contributed by atoms with Gasteiger partial charge in [-0.15, -0.1) is 11.8 Å². The van der Waals surface area contributed by atoms with Gasteiger partial charge in [-0.05, 0) is 43.8 Å². The van der Waals surface area contributed by atoms with Gasteiger partial charge in [0.05, 0.1) is 11.8 Å². The number of thiazole rings is 1.